The lowest BCUT2D eigenvalue weighted by molar-refractivity contribution is 0.0548. The Hall–Kier alpha value is -4.51. The number of hydrogen-bond acceptors (Lipinski definition) is 7. The van der Waals surface area contributed by atoms with E-state index in [1.54, 1.807) is 15.4 Å². The Labute approximate surface area is 235 Å². The van der Waals surface area contributed by atoms with E-state index in [9.17, 15) is 0 Å². The highest BCUT2D eigenvalue weighted by Crippen LogP contribution is 2.42. The molecule has 1 aromatic carbocycles. The van der Waals surface area contributed by atoms with Gasteiger partial charge in [-0.15, -0.1) is 10.2 Å². The van der Waals surface area contributed by atoms with Gasteiger partial charge in [0.2, 0.25) is 0 Å². The lowest BCUT2D eigenvalue weighted by Crippen LogP contribution is -2.27. The summed E-state index contributed by atoms with van der Waals surface area (Å²) < 4.78 is 27.1. The topological polar surface area (TPSA) is 101 Å². The van der Waals surface area contributed by atoms with Crippen molar-refractivity contribution in [1.29, 1.82) is 0 Å². The molecule has 7 rings (SSSR count). The summed E-state index contributed by atoms with van der Waals surface area (Å²) in [5, 5.41) is 17.8. The fourth-order valence-corrected chi connectivity index (χ4v) is 6.34. The SMILES string of the molecule is Cc1nnn(C)c1-c1cnc2c3ccc(-c4c(C)nnn4C)nc3n([C@H](c3ccccc3F)C3CCOCC3)c2c1. The van der Waals surface area contributed by atoms with Crippen LogP contribution in [-0.4, -0.2) is 57.7 Å². The monoisotopic (exact) mass is 551 g/mol. The second-order valence-corrected chi connectivity index (χ2v) is 10.7. The van der Waals surface area contributed by atoms with E-state index in [0.717, 1.165) is 68.9 Å². The Morgan fingerprint density at radius 2 is 1.63 bits per heavy atom. The molecule has 0 N–H and O–H groups in total. The Bertz CT molecular complexity index is 1770. The molecule has 208 valence electrons. The highest BCUT2D eigenvalue weighted by Gasteiger charge is 2.33. The zero-order valence-corrected chi connectivity index (χ0v) is 23.4. The molecule has 6 heterocycles. The van der Waals surface area contributed by atoms with Gasteiger partial charge in [-0.3, -0.25) is 4.98 Å². The maximum atomic E-state index is 15.7. The molecular formula is C30H30FN9O. The molecule has 5 aromatic heterocycles. The highest BCUT2D eigenvalue weighted by atomic mass is 19.1. The van der Waals surface area contributed by atoms with E-state index in [-0.39, 0.29) is 17.8 Å². The molecule has 0 bridgehead atoms. The third-order valence-corrected chi connectivity index (χ3v) is 8.21. The molecule has 41 heavy (non-hydrogen) atoms. The summed E-state index contributed by atoms with van der Waals surface area (Å²) in [4.78, 5) is 10.2. The summed E-state index contributed by atoms with van der Waals surface area (Å²) in [7, 11) is 3.73. The first kappa shape index (κ1) is 25.5. The molecule has 1 saturated heterocycles. The molecule has 6 aromatic rings. The predicted octanol–water partition coefficient (Wildman–Crippen LogP) is 4.95. The molecule has 10 nitrogen and oxygen atoms in total. The summed E-state index contributed by atoms with van der Waals surface area (Å²) in [6, 6.07) is 12.9. The average Bonchev–Trinajstić information content (AvgIpc) is 3.61. The fraction of sp³-hybridized carbons (Fsp3) is 0.333. The van der Waals surface area contributed by atoms with Crippen LogP contribution in [0.15, 0.2) is 48.7 Å². The van der Waals surface area contributed by atoms with Gasteiger partial charge in [0.15, 0.2) is 0 Å². The number of pyridine rings is 2. The van der Waals surface area contributed by atoms with Crippen molar-refractivity contribution in [2.24, 2.45) is 20.0 Å². The Morgan fingerprint density at radius 3 is 2.32 bits per heavy atom. The summed E-state index contributed by atoms with van der Waals surface area (Å²) in [6.07, 6.45) is 3.47. The van der Waals surface area contributed by atoms with Crippen molar-refractivity contribution in [3.63, 3.8) is 0 Å². The minimum absolute atomic E-state index is 0.133. The summed E-state index contributed by atoms with van der Waals surface area (Å²) in [6.45, 7) is 5.12. The number of aryl methyl sites for hydroxylation is 4. The first-order valence-electron chi connectivity index (χ1n) is 13.8. The van der Waals surface area contributed by atoms with Crippen LogP contribution in [0.25, 0.3) is 44.7 Å². The molecule has 0 saturated carbocycles. The molecular weight excluding hydrogens is 521 g/mol. The van der Waals surface area contributed by atoms with Gasteiger partial charge in [-0.2, -0.15) is 0 Å². The minimum atomic E-state index is -0.323. The van der Waals surface area contributed by atoms with Gasteiger partial charge in [-0.05, 0) is 56.9 Å². The van der Waals surface area contributed by atoms with Gasteiger partial charge in [0, 0.05) is 50.0 Å². The van der Waals surface area contributed by atoms with E-state index < -0.39 is 0 Å². The van der Waals surface area contributed by atoms with Crippen molar-refractivity contribution < 1.29 is 9.13 Å². The van der Waals surface area contributed by atoms with Crippen LogP contribution in [-0.2, 0) is 18.8 Å². The summed E-state index contributed by atoms with van der Waals surface area (Å²) in [5.41, 5.74) is 8.01. The molecule has 0 amide bonds. The van der Waals surface area contributed by atoms with Gasteiger partial charge in [0.1, 0.15) is 17.2 Å². The van der Waals surface area contributed by atoms with E-state index in [2.05, 4.69) is 37.3 Å². The zero-order chi connectivity index (χ0) is 28.2. The predicted molar refractivity (Wildman–Crippen MR) is 153 cm³/mol. The van der Waals surface area contributed by atoms with Crippen molar-refractivity contribution >= 4 is 22.1 Å². The number of hydrogen-bond donors (Lipinski definition) is 0. The fourth-order valence-electron chi connectivity index (χ4n) is 6.34. The number of ether oxygens (including phenoxy) is 1. The highest BCUT2D eigenvalue weighted by molar-refractivity contribution is 6.06. The van der Waals surface area contributed by atoms with E-state index in [1.807, 2.05) is 52.3 Å². The van der Waals surface area contributed by atoms with Crippen molar-refractivity contribution in [1.82, 2.24) is 44.5 Å². The Morgan fingerprint density at radius 1 is 0.927 bits per heavy atom. The van der Waals surface area contributed by atoms with E-state index >= 15 is 4.39 Å². The molecule has 1 aliphatic heterocycles. The Balaban J connectivity index is 1.57. The van der Waals surface area contributed by atoms with Gasteiger partial charge < -0.3 is 9.30 Å². The van der Waals surface area contributed by atoms with E-state index in [1.165, 1.54) is 6.07 Å². The number of nitrogens with zero attached hydrogens (tertiary/aromatic N) is 9. The second kappa shape index (κ2) is 9.84. The standard InChI is InChI=1S/C30H30FN9O/c1-17-27(38(3)36-34-17)20-15-25-26(32-16-20)22-9-10-24(28-18(2)35-37-39(28)4)33-30(22)40(25)29(19-11-13-41-14-12-19)21-7-5-6-8-23(21)31/h5-10,15-16,19,29H,11-14H2,1-4H3/t29-/m0/s1. The summed E-state index contributed by atoms with van der Waals surface area (Å²) >= 11 is 0. The van der Waals surface area contributed by atoms with Crippen LogP contribution in [0.1, 0.15) is 35.8 Å². The van der Waals surface area contributed by atoms with Gasteiger partial charge in [0.05, 0.1) is 39.9 Å². The van der Waals surface area contributed by atoms with Gasteiger partial charge in [-0.1, -0.05) is 28.6 Å². The largest absolute Gasteiger partial charge is 0.381 e. The molecule has 0 radical (unpaired) electrons. The Kier molecular flexibility index (Phi) is 6.11. The smallest absolute Gasteiger partial charge is 0.143 e. The van der Waals surface area contributed by atoms with Crippen molar-refractivity contribution in [2.45, 2.75) is 32.7 Å². The molecule has 1 atom stereocenters. The zero-order valence-electron chi connectivity index (χ0n) is 23.4. The lowest BCUT2D eigenvalue weighted by Gasteiger charge is -2.33. The number of fused-ring (bicyclic) bond motifs is 3. The van der Waals surface area contributed by atoms with Crippen LogP contribution in [0, 0.1) is 25.6 Å². The third-order valence-electron chi connectivity index (χ3n) is 8.21. The lowest BCUT2D eigenvalue weighted by atomic mass is 9.86. The van der Waals surface area contributed by atoms with Gasteiger partial charge in [0.25, 0.3) is 0 Å². The molecule has 1 fully saturated rings. The van der Waals surface area contributed by atoms with E-state index in [0.29, 0.717) is 18.8 Å². The number of rotatable bonds is 5. The van der Waals surface area contributed by atoms with Crippen LogP contribution < -0.4 is 0 Å². The quantitative estimate of drug-likeness (QED) is 0.299. The second-order valence-electron chi connectivity index (χ2n) is 10.7. The first-order valence-corrected chi connectivity index (χ1v) is 13.8. The maximum absolute atomic E-state index is 15.7. The van der Waals surface area contributed by atoms with Crippen LogP contribution in [0.4, 0.5) is 4.39 Å². The van der Waals surface area contributed by atoms with Crippen molar-refractivity contribution in [3.05, 3.63) is 71.4 Å². The average molecular weight is 552 g/mol. The van der Waals surface area contributed by atoms with Crippen molar-refractivity contribution in [3.8, 4) is 22.6 Å². The molecule has 0 unspecified atom stereocenters. The normalized spacial score (nSPS) is 15.2. The summed E-state index contributed by atoms with van der Waals surface area (Å²) in [5.74, 6) is -0.105. The maximum Gasteiger partial charge on any atom is 0.143 e. The molecule has 1 aliphatic rings. The third kappa shape index (κ3) is 4.10. The number of aromatic nitrogens is 9. The van der Waals surface area contributed by atoms with Crippen LogP contribution in [0.2, 0.25) is 0 Å². The molecule has 11 heteroatoms. The molecule has 0 spiro atoms. The first-order chi connectivity index (χ1) is 19.9. The van der Waals surface area contributed by atoms with Crippen LogP contribution >= 0.6 is 0 Å². The van der Waals surface area contributed by atoms with Gasteiger partial charge >= 0.3 is 0 Å². The number of halogens is 1. The number of benzene rings is 1. The van der Waals surface area contributed by atoms with E-state index in [4.69, 9.17) is 14.7 Å². The van der Waals surface area contributed by atoms with Crippen LogP contribution in [0.5, 0.6) is 0 Å². The van der Waals surface area contributed by atoms with Crippen molar-refractivity contribution in [2.75, 3.05) is 13.2 Å². The molecule has 0 aliphatic carbocycles. The van der Waals surface area contributed by atoms with Crippen LogP contribution in [0.3, 0.4) is 0 Å². The van der Waals surface area contributed by atoms with Gasteiger partial charge in [-0.25, -0.2) is 18.7 Å². The minimum Gasteiger partial charge on any atom is -0.381 e.